The first-order chi connectivity index (χ1) is 8.06. The minimum absolute atomic E-state index is 0.428. The van der Waals surface area contributed by atoms with Crippen molar-refractivity contribution in [2.75, 3.05) is 29.6 Å². The van der Waals surface area contributed by atoms with Gasteiger partial charge < -0.3 is 15.5 Å². The fourth-order valence-electron chi connectivity index (χ4n) is 1.50. The van der Waals surface area contributed by atoms with Crippen molar-refractivity contribution in [3.8, 4) is 0 Å². The van der Waals surface area contributed by atoms with Crippen LogP contribution in [0.3, 0.4) is 0 Å². The van der Waals surface area contributed by atoms with Gasteiger partial charge in [0.1, 0.15) is 0 Å². The Kier molecular flexibility index (Phi) is 3.19. The van der Waals surface area contributed by atoms with E-state index in [1.54, 1.807) is 18.4 Å². The molecule has 2 aromatic rings. The van der Waals surface area contributed by atoms with Crippen LogP contribution in [0.4, 0.5) is 11.4 Å². The molecule has 7 heteroatoms. The minimum Gasteiger partial charge on any atom is -0.408 e. The summed E-state index contributed by atoms with van der Waals surface area (Å²) < 4.78 is 15.8. The number of nitrogen functional groups attached to an aromatic ring is 1. The van der Waals surface area contributed by atoms with E-state index in [2.05, 4.69) is 10.3 Å². The molecule has 0 bridgehead atoms. The number of nitrogens with two attached hydrogens (primary N) is 1. The van der Waals surface area contributed by atoms with Crippen molar-refractivity contribution in [2.24, 2.45) is 0 Å². The van der Waals surface area contributed by atoms with Crippen LogP contribution in [0.25, 0.3) is 11.1 Å². The number of oxazole rings is 1. The Bertz CT molecular complexity index is 617. The van der Waals surface area contributed by atoms with Gasteiger partial charge in [-0.3, -0.25) is 9.19 Å². The number of fused-ring (bicyclic) bond motifs is 1. The van der Waals surface area contributed by atoms with E-state index in [1.807, 2.05) is 0 Å². The van der Waals surface area contributed by atoms with Crippen molar-refractivity contribution in [3.63, 3.8) is 0 Å². The normalized spacial score (nSPS) is 12.8. The third kappa shape index (κ3) is 2.68. The summed E-state index contributed by atoms with van der Waals surface area (Å²) in [6.45, 7) is 0.556. The zero-order valence-electron chi connectivity index (χ0n) is 9.28. The van der Waals surface area contributed by atoms with Crippen molar-refractivity contribution in [1.82, 2.24) is 4.98 Å². The Balaban J connectivity index is 2.24. The third-order valence-corrected chi connectivity index (χ3v) is 3.08. The molecule has 0 spiro atoms. The lowest BCUT2D eigenvalue weighted by molar-refractivity contribution is 0.555. The van der Waals surface area contributed by atoms with Gasteiger partial charge in [-0.25, -0.2) is 4.79 Å². The fourth-order valence-corrected chi connectivity index (χ4v) is 1.89. The van der Waals surface area contributed by atoms with E-state index in [-0.39, 0.29) is 0 Å². The van der Waals surface area contributed by atoms with Gasteiger partial charge in [-0.05, 0) is 6.07 Å². The van der Waals surface area contributed by atoms with Crippen LogP contribution < -0.4 is 16.8 Å². The van der Waals surface area contributed by atoms with Crippen LogP contribution in [-0.4, -0.2) is 27.7 Å². The number of anilines is 2. The number of nitrogens with one attached hydrogen (secondary N) is 2. The Morgan fingerprint density at radius 2 is 2.29 bits per heavy atom. The molecule has 0 amide bonds. The van der Waals surface area contributed by atoms with Gasteiger partial charge in [0.2, 0.25) is 0 Å². The van der Waals surface area contributed by atoms with Gasteiger partial charge in [0.25, 0.3) is 0 Å². The molecule has 4 N–H and O–H groups in total. The number of H-pyrrole nitrogens is 1. The molecule has 0 radical (unpaired) electrons. The van der Waals surface area contributed by atoms with Crippen molar-refractivity contribution in [2.45, 2.75) is 0 Å². The maximum atomic E-state index is 11.0. The van der Waals surface area contributed by atoms with E-state index in [4.69, 9.17) is 10.2 Å². The van der Waals surface area contributed by atoms with E-state index in [9.17, 15) is 9.00 Å². The lowest BCUT2D eigenvalue weighted by atomic mass is 10.2. The first-order valence-electron chi connectivity index (χ1n) is 5.02. The fraction of sp³-hybridized carbons (Fsp3) is 0.300. The number of aromatic nitrogens is 1. The Morgan fingerprint density at radius 3 is 3.00 bits per heavy atom. The number of hydrogen-bond donors (Lipinski definition) is 3. The molecule has 0 aliphatic carbocycles. The highest BCUT2D eigenvalue weighted by molar-refractivity contribution is 7.84. The van der Waals surface area contributed by atoms with Crippen molar-refractivity contribution in [3.05, 3.63) is 22.7 Å². The summed E-state index contributed by atoms with van der Waals surface area (Å²) in [5.74, 6) is 0.0329. The molecule has 0 aliphatic rings. The maximum absolute atomic E-state index is 11.0. The lowest BCUT2D eigenvalue weighted by Crippen LogP contribution is -2.11. The molecule has 1 atom stereocenters. The summed E-state index contributed by atoms with van der Waals surface area (Å²) in [5, 5.41) is 3.06. The molecule has 92 valence electrons. The Hall–Kier alpha value is -1.76. The standard InChI is InChI=1S/C10H13N3O3S/c1-17(15)3-2-12-7-5-8-9(4-6(7)11)16-10(14)13-8/h4-5,12H,2-3,11H2,1H3,(H,13,14). The highest BCUT2D eigenvalue weighted by Gasteiger charge is 2.06. The average Bonchev–Trinajstić information content (AvgIpc) is 2.57. The van der Waals surface area contributed by atoms with Crippen molar-refractivity contribution < 1.29 is 8.63 Å². The summed E-state index contributed by atoms with van der Waals surface area (Å²) in [5.41, 5.74) is 8.00. The van der Waals surface area contributed by atoms with E-state index >= 15 is 0 Å². The third-order valence-electron chi connectivity index (χ3n) is 2.30. The van der Waals surface area contributed by atoms with Crippen molar-refractivity contribution in [1.29, 1.82) is 0 Å². The van der Waals surface area contributed by atoms with E-state index in [1.165, 1.54) is 0 Å². The molecule has 1 aromatic carbocycles. The smallest absolute Gasteiger partial charge is 0.408 e. The summed E-state index contributed by atoms with van der Waals surface area (Å²) in [6, 6.07) is 3.28. The molecule has 0 saturated carbocycles. The molecule has 1 heterocycles. The molecule has 1 aromatic heterocycles. The van der Waals surface area contributed by atoms with Crippen LogP contribution in [0, 0.1) is 0 Å². The molecule has 2 rings (SSSR count). The van der Waals surface area contributed by atoms with Crippen LogP contribution >= 0.6 is 0 Å². The van der Waals surface area contributed by atoms with Crippen LogP contribution in [0.15, 0.2) is 21.3 Å². The number of hydrogen-bond acceptors (Lipinski definition) is 5. The summed E-state index contributed by atoms with van der Waals surface area (Å²) in [7, 11) is -0.848. The second-order valence-electron chi connectivity index (χ2n) is 3.65. The highest BCUT2D eigenvalue weighted by Crippen LogP contribution is 2.23. The predicted molar refractivity (Wildman–Crippen MR) is 68.7 cm³/mol. The first kappa shape index (κ1) is 11.7. The molecule has 1 unspecified atom stereocenters. The summed E-state index contributed by atoms with van der Waals surface area (Å²) in [4.78, 5) is 13.5. The predicted octanol–water partition coefficient (Wildman–Crippen LogP) is 0.494. The highest BCUT2D eigenvalue weighted by atomic mass is 32.2. The van der Waals surface area contributed by atoms with Crippen LogP contribution in [0.5, 0.6) is 0 Å². The maximum Gasteiger partial charge on any atom is 0.417 e. The second-order valence-corrected chi connectivity index (χ2v) is 5.21. The van der Waals surface area contributed by atoms with Gasteiger partial charge in [0, 0.05) is 35.4 Å². The zero-order chi connectivity index (χ0) is 12.4. The Labute approximate surface area is 99.6 Å². The molecule has 6 nitrogen and oxygen atoms in total. The summed E-state index contributed by atoms with van der Waals surface area (Å²) >= 11 is 0. The number of benzene rings is 1. The van der Waals surface area contributed by atoms with E-state index < -0.39 is 16.6 Å². The average molecular weight is 255 g/mol. The van der Waals surface area contributed by atoms with Gasteiger partial charge in [-0.1, -0.05) is 0 Å². The van der Waals surface area contributed by atoms with Crippen LogP contribution in [0.1, 0.15) is 0 Å². The summed E-state index contributed by atoms with van der Waals surface area (Å²) in [6.07, 6.45) is 1.64. The quantitative estimate of drug-likeness (QED) is 0.690. The van der Waals surface area contributed by atoms with E-state index in [0.717, 1.165) is 0 Å². The molecule has 0 fully saturated rings. The monoisotopic (exact) mass is 255 g/mol. The molecular formula is C10H13N3O3S. The van der Waals surface area contributed by atoms with Gasteiger partial charge in [-0.2, -0.15) is 0 Å². The van der Waals surface area contributed by atoms with Crippen LogP contribution in [0.2, 0.25) is 0 Å². The van der Waals surface area contributed by atoms with Gasteiger partial charge in [-0.15, -0.1) is 0 Å². The zero-order valence-corrected chi connectivity index (χ0v) is 10.1. The molecule has 0 aliphatic heterocycles. The largest absolute Gasteiger partial charge is 0.417 e. The lowest BCUT2D eigenvalue weighted by Gasteiger charge is -2.07. The van der Waals surface area contributed by atoms with Gasteiger partial charge in [0.05, 0.1) is 16.9 Å². The van der Waals surface area contributed by atoms with Crippen LogP contribution in [-0.2, 0) is 10.8 Å². The second kappa shape index (κ2) is 4.62. The van der Waals surface area contributed by atoms with Gasteiger partial charge >= 0.3 is 5.76 Å². The SMILES string of the molecule is CS(=O)CCNc1cc2[nH]c(=O)oc2cc1N. The number of rotatable bonds is 4. The molecule has 17 heavy (non-hydrogen) atoms. The van der Waals surface area contributed by atoms with E-state index in [0.29, 0.717) is 34.8 Å². The number of aromatic amines is 1. The molecular weight excluding hydrogens is 242 g/mol. The molecule has 0 saturated heterocycles. The Morgan fingerprint density at radius 1 is 1.53 bits per heavy atom. The first-order valence-corrected chi connectivity index (χ1v) is 6.75. The van der Waals surface area contributed by atoms with Gasteiger partial charge in [0.15, 0.2) is 5.58 Å². The minimum atomic E-state index is -0.848. The topological polar surface area (TPSA) is 101 Å². The van der Waals surface area contributed by atoms with Crippen molar-refractivity contribution >= 4 is 33.3 Å².